The molecular weight excluding hydrogens is 409 g/mol. The van der Waals surface area contributed by atoms with Crippen LogP contribution >= 0.6 is 7.60 Å². The number of hydroxylamine groups is 1. The molecule has 30 heavy (non-hydrogen) atoms. The fraction of sp³-hybridized carbons (Fsp3) is 0.600. The van der Waals surface area contributed by atoms with Crippen LogP contribution < -0.4 is 16.1 Å². The van der Waals surface area contributed by atoms with Gasteiger partial charge in [-0.15, -0.1) is 0 Å². The van der Waals surface area contributed by atoms with Crippen molar-refractivity contribution in [2.24, 2.45) is 0 Å². The number of carbonyl (C=O) groups is 2. The van der Waals surface area contributed by atoms with Crippen molar-refractivity contribution >= 4 is 25.1 Å². The third kappa shape index (κ3) is 10.8. The normalized spacial score (nSPS) is 12.4. The number of unbranched alkanes of at least 4 members (excludes halogenated alkanes) is 2. The molecule has 1 rings (SSSR count). The summed E-state index contributed by atoms with van der Waals surface area (Å²) in [6.45, 7) is 4.39. The Morgan fingerprint density at radius 3 is 2.33 bits per heavy atom. The molecule has 2 amide bonds. The van der Waals surface area contributed by atoms with Crippen LogP contribution in [-0.2, 0) is 23.2 Å². The average Bonchev–Trinajstić information content (AvgIpc) is 2.73. The van der Waals surface area contributed by atoms with Crippen molar-refractivity contribution in [2.45, 2.75) is 52.0 Å². The molecule has 0 radical (unpaired) electrons. The summed E-state index contributed by atoms with van der Waals surface area (Å²) in [5, 5.41) is 14.6. The molecule has 1 unspecified atom stereocenters. The Labute approximate surface area is 178 Å². The highest BCUT2D eigenvalue weighted by Crippen LogP contribution is 2.47. The van der Waals surface area contributed by atoms with E-state index < -0.39 is 19.5 Å². The zero-order valence-corrected chi connectivity index (χ0v) is 18.7. The molecule has 1 aromatic carbocycles. The summed E-state index contributed by atoms with van der Waals surface area (Å²) in [4.78, 5) is 23.8. The zero-order chi connectivity index (χ0) is 22.2. The largest absolute Gasteiger partial charge is 0.331 e. The maximum Gasteiger partial charge on any atom is 0.331 e. The second-order valence-corrected chi connectivity index (χ2v) is 8.85. The maximum atomic E-state index is 12.7. The predicted octanol–water partition coefficient (Wildman–Crippen LogP) is 3.31. The van der Waals surface area contributed by atoms with Gasteiger partial charge in [-0.2, -0.15) is 0 Å². The summed E-state index contributed by atoms with van der Waals surface area (Å²) in [6.07, 6.45) is 3.02. The lowest BCUT2D eigenvalue weighted by molar-refractivity contribution is -0.129. The molecule has 0 saturated carbocycles. The van der Waals surface area contributed by atoms with Gasteiger partial charge in [0.05, 0.1) is 25.4 Å². The molecule has 1 aromatic rings. The zero-order valence-electron chi connectivity index (χ0n) is 17.8. The van der Waals surface area contributed by atoms with Gasteiger partial charge >= 0.3 is 7.60 Å². The van der Waals surface area contributed by atoms with E-state index in [1.807, 2.05) is 18.2 Å². The van der Waals surface area contributed by atoms with E-state index in [1.54, 1.807) is 31.5 Å². The molecule has 0 spiro atoms. The lowest BCUT2D eigenvalue weighted by Gasteiger charge is -2.21. The Morgan fingerprint density at radius 2 is 1.73 bits per heavy atom. The van der Waals surface area contributed by atoms with Gasteiger partial charge in [-0.25, -0.2) is 5.48 Å². The number of hydrogen-bond acceptors (Lipinski definition) is 7. The van der Waals surface area contributed by atoms with Crippen molar-refractivity contribution in [1.29, 1.82) is 0 Å². The highest BCUT2D eigenvalue weighted by Gasteiger charge is 2.25. The van der Waals surface area contributed by atoms with Gasteiger partial charge in [0.2, 0.25) is 11.8 Å². The summed E-state index contributed by atoms with van der Waals surface area (Å²) in [5.74, 6) is -0.606. The van der Waals surface area contributed by atoms with Gasteiger partial charge in [0, 0.05) is 18.7 Å². The third-order valence-corrected chi connectivity index (χ3v) is 6.38. The standard InChI is InChI=1S/C20H34N3O6P/c1-3-28-30(27,29-4-2)16-15-21-18(13-9-6-10-14-19(24)23-26)20(25)22-17-11-7-5-8-12-17/h5,7-8,11-12,18,21,26H,3-4,6,9-10,13-16H2,1-2H3,(H,22,25)(H,23,24). The summed E-state index contributed by atoms with van der Waals surface area (Å²) in [5.41, 5.74) is 2.30. The van der Waals surface area contributed by atoms with Crippen molar-refractivity contribution in [3.8, 4) is 0 Å². The molecule has 0 aliphatic heterocycles. The highest BCUT2D eigenvalue weighted by atomic mass is 31.2. The molecule has 0 aromatic heterocycles. The van der Waals surface area contributed by atoms with Crippen LogP contribution in [0.5, 0.6) is 0 Å². The number of rotatable bonds is 16. The minimum Gasteiger partial charge on any atom is -0.325 e. The number of nitrogens with one attached hydrogen (secondary N) is 3. The first-order chi connectivity index (χ1) is 14.4. The van der Waals surface area contributed by atoms with Crippen LogP contribution in [0.1, 0.15) is 46.0 Å². The molecule has 9 nitrogen and oxygen atoms in total. The molecule has 0 aliphatic carbocycles. The first-order valence-electron chi connectivity index (χ1n) is 10.3. The molecule has 0 aliphatic rings. The van der Waals surface area contributed by atoms with Crippen LogP contribution in [0.3, 0.4) is 0 Å². The Morgan fingerprint density at radius 1 is 1.07 bits per heavy atom. The van der Waals surface area contributed by atoms with E-state index in [0.29, 0.717) is 31.5 Å². The molecular formula is C20H34N3O6P. The number of hydrogen-bond donors (Lipinski definition) is 4. The predicted molar refractivity (Wildman–Crippen MR) is 116 cm³/mol. The second-order valence-electron chi connectivity index (χ2n) is 6.67. The Bertz CT molecular complexity index is 664. The van der Waals surface area contributed by atoms with E-state index in [4.69, 9.17) is 14.3 Å². The lowest BCUT2D eigenvalue weighted by Crippen LogP contribution is -2.41. The van der Waals surface area contributed by atoms with Gasteiger partial charge in [-0.1, -0.05) is 31.0 Å². The smallest absolute Gasteiger partial charge is 0.325 e. The number of amides is 2. The van der Waals surface area contributed by atoms with E-state index in [9.17, 15) is 14.2 Å². The van der Waals surface area contributed by atoms with Crippen LogP contribution in [0.25, 0.3) is 0 Å². The van der Waals surface area contributed by atoms with Crippen LogP contribution in [0.4, 0.5) is 5.69 Å². The van der Waals surface area contributed by atoms with Gasteiger partial charge in [-0.05, 0) is 38.8 Å². The fourth-order valence-corrected chi connectivity index (χ4v) is 4.40. The molecule has 1 atom stereocenters. The molecule has 10 heteroatoms. The quantitative estimate of drug-likeness (QED) is 0.134. The van der Waals surface area contributed by atoms with Gasteiger partial charge in [0.15, 0.2) is 0 Å². The highest BCUT2D eigenvalue weighted by molar-refractivity contribution is 7.53. The fourth-order valence-electron chi connectivity index (χ4n) is 2.88. The average molecular weight is 443 g/mol. The van der Waals surface area contributed by atoms with Crippen molar-refractivity contribution < 1.29 is 28.4 Å². The number of carbonyl (C=O) groups excluding carboxylic acids is 2. The monoisotopic (exact) mass is 443 g/mol. The van der Waals surface area contributed by atoms with E-state index in [0.717, 1.165) is 6.42 Å². The van der Waals surface area contributed by atoms with E-state index in [2.05, 4.69) is 10.6 Å². The summed E-state index contributed by atoms with van der Waals surface area (Å²) >= 11 is 0. The number of para-hydroxylation sites is 1. The topological polar surface area (TPSA) is 126 Å². The van der Waals surface area contributed by atoms with Gasteiger partial charge in [-0.3, -0.25) is 19.4 Å². The molecule has 0 fully saturated rings. The number of anilines is 1. The van der Waals surface area contributed by atoms with E-state index in [-0.39, 0.29) is 31.7 Å². The lowest BCUT2D eigenvalue weighted by atomic mass is 10.1. The van der Waals surface area contributed by atoms with Crippen molar-refractivity contribution in [3.63, 3.8) is 0 Å². The van der Waals surface area contributed by atoms with Crippen molar-refractivity contribution in [2.75, 3.05) is 31.2 Å². The summed E-state index contributed by atoms with van der Waals surface area (Å²) in [7, 11) is -3.19. The van der Waals surface area contributed by atoms with Gasteiger partial charge < -0.3 is 19.7 Å². The van der Waals surface area contributed by atoms with Crippen LogP contribution in [0, 0.1) is 0 Å². The molecule has 0 heterocycles. The van der Waals surface area contributed by atoms with Gasteiger partial charge in [0.1, 0.15) is 0 Å². The Balaban J connectivity index is 2.61. The van der Waals surface area contributed by atoms with E-state index >= 15 is 0 Å². The molecule has 0 saturated heterocycles. The Kier molecular flexibility index (Phi) is 13.2. The van der Waals surface area contributed by atoms with Crippen LogP contribution in [-0.4, -0.2) is 49.0 Å². The summed E-state index contributed by atoms with van der Waals surface area (Å²) < 4.78 is 23.2. The molecule has 4 N–H and O–H groups in total. The first-order valence-corrected chi connectivity index (χ1v) is 12.1. The van der Waals surface area contributed by atoms with Crippen LogP contribution in [0.15, 0.2) is 30.3 Å². The van der Waals surface area contributed by atoms with E-state index in [1.165, 1.54) is 0 Å². The minimum absolute atomic E-state index is 0.167. The maximum absolute atomic E-state index is 12.7. The third-order valence-electron chi connectivity index (χ3n) is 4.31. The molecule has 0 bridgehead atoms. The summed E-state index contributed by atoms with van der Waals surface area (Å²) in [6, 6.07) is 8.66. The van der Waals surface area contributed by atoms with Crippen molar-refractivity contribution in [1.82, 2.24) is 10.8 Å². The van der Waals surface area contributed by atoms with Crippen LogP contribution in [0.2, 0.25) is 0 Å². The van der Waals surface area contributed by atoms with Gasteiger partial charge in [0.25, 0.3) is 0 Å². The SMILES string of the molecule is CCOP(=O)(CCNC(CCCCCC(=O)NO)C(=O)Nc1ccccc1)OCC. The Hall–Kier alpha value is -1.77. The second kappa shape index (κ2) is 15.1. The number of benzene rings is 1. The van der Waals surface area contributed by atoms with Crippen molar-refractivity contribution in [3.05, 3.63) is 30.3 Å². The molecule has 170 valence electrons. The first kappa shape index (κ1) is 26.3. The minimum atomic E-state index is -3.19.